The van der Waals surface area contributed by atoms with E-state index in [1.807, 2.05) is 11.5 Å². The van der Waals surface area contributed by atoms with Crippen LogP contribution in [-0.2, 0) is 13.2 Å². The lowest BCUT2D eigenvalue weighted by atomic mass is 10.3. The van der Waals surface area contributed by atoms with Gasteiger partial charge in [0.15, 0.2) is 5.69 Å². The van der Waals surface area contributed by atoms with Gasteiger partial charge in [0.25, 0.3) is 0 Å². The fourth-order valence-corrected chi connectivity index (χ4v) is 1.35. The molecule has 1 aromatic rings. The van der Waals surface area contributed by atoms with E-state index >= 15 is 0 Å². The van der Waals surface area contributed by atoms with Crippen LogP contribution in [0.15, 0.2) is 6.20 Å². The molecule has 0 amide bonds. The fraction of sp³-hybridized carbons (Fsp3) is 0.556. The van der Waals surface area contributed by atoms with E-state index in [1.165, 1.54) is 6.92 Å². The molecule has 0 radical (unpaired) electrons. The molecule has 0 aromatic carbocycles. The number of ketones is 1. The van der Waals surface area contributed by atoms with E-state index in [4.69, 9.17) is 5.11 Å². The number of carbonyl (C=O) groups excluding carboxylic acids is 1. The van der Waals surface area contributed by atoms with Crippen LogP contribution in [0.3, 0.4) is 0 Å². The van der Waals surface area contributed by atoms with Crippen molar-refractivity contribution in [2.45, 2.75) is 33.4 Å². The van der Waals surface area contributed by atoms with Gasteiger partial charge in [-0.2, -0.15) is 0 Å². The van der Waals surface area contributed by atoms with Gasteiger partial charge in [-0.1, -0.05) is 6.92 Å². The van der Waals surface area contributed by atoms with E-state index in [-0.39, 0.29) is 12.4 Å². The number of imidazole rings is 1. The van der Waals surface area contributed by atoms with E-state index in [9.17, 15) is 4.79 Å². The Bertz CT molecular complexity index is 305. The predicted octanol–water partition coefficient (Wildman–Crippen LogP) is 0.407. The lowest BCUT2D eigenvalue weighted by Gasteiger charge is -1.98. The molecule has 1 aromatic heterocycles. The second kappa shape index (κ2) is 4.18. The van der Waals surface area contributed by atoms with Gasteiger partial charge in [0.05, 0.1) is 6.54 Å². The van der Waals surface area contributed by atoms with Gasteiger partial charge in [-0.05, 0) is 6.42 Å². The number of hydrogen-bond donors (Lipinski definition) is 2. The molecule has 0 atom stereocenters. The molecule has 0 saturated carbocycles. The Balaban J connectivity index is 3.06. The van der Waals surface area contributed by atoms with Gasteiger partial charge in [-0.15, -0.1) is 0 Å². The van der Waals surface area contributed by atoms with Gasteiger partial charge in [0.1, 0.15) is 12.8 Å². The largest absolute Gasteiger partial charge is 0.388 e. The number of carbonyl (C=O) groups is 1. The molecule has 1 rings (SSSR count). The zero-order valence-corrected chi connectivity index (χ0v) is 8.00. The molecule has 13 heavy (non-hydrogen) atoms. The third kappa shape index (κ3) is 1.95. The summed E-state index contributed by atoms with van der Waals surface area (Å²) in [5.74, 6) is 0.555. The quantitative estimate of drug-likeness (QED) is 0.524. The minimum absolute atomic E-state index is 0.00634. The number of H-pyrrole nitrogens is 1. The molecule has 0 saturated heterocycles. The highest BCUT2D eigenvalue weighted by molar-refractivity contribution is 5.88. The van der Waals surface area contributed by atoms with E-state index in [2.05, 4.69) is 4.98 Å². The number of Topliss-reactive ketones (excluding diaryl/α,β-unsaturated/α-hetero) is 1. The molecule has 0 aliphatic rings. The Morgan fingerprint density at radius 1 is 1.69 bits per heavy atom. The van der Waals surface area contributed by atoms with E-state index in [1.54, 1.807) is 6.20 Å². The first-order valence-electron chi connectivity index (χ1n) is 4.42. The standard InChI is InChI=1S/C9H14N2O2/c1-3-4-11-8(6-12)5-10-9(11)7(2)13/h5,12H,3-4,6H2,1-2H3/p+1. The Morgan fingerprint density at radius 3 is 2.85 bits per heavy atom. The third-order valence-corrected chi connectivity index (χ3v) is 1.93. The van der Waals surface area contributed by atoms with E-state index < -0.39 is 0 Å². The molecule has 0 aliphatic heterocycles. The number of nitrogens with zero attached hydrogens (tertiary/aromatic N) is 1. The van der Waals surface area contributed by atoms with Gasteiger partial charge in [0, 0.05) is 6.92 Å². The predicted molar refractivity (Wildman–Crippen MR) is 47.2 cm³/mol. The summed E-state index contributed by atoms with van der Waals surface area (Å²) >= 11 is 0. The van der Waals surface area contributed by atoms with Crippen molar-refractivity contribution in [2.24, 2.45) is 0 Å². The highest BCUT2D eigenvalue weighted by atomic mass is 16.3. The van der Waals surface area contributed by atoms with Gasteiger partial charge in [-0.25, -0.2) is 9.55 Å². The van der Waals surface area contributed by atoms with Gasteiger partial charge < -0.3 is 5.11 Å². The van der Waals surface area contributed by atoms with Crippen LogP contribution in [0.5, 0.6) is 0 Å². The summed E-state index contributed by atoms with van der Waals surface area (Å²) in [4.78, 5) is 14.0. The monoisotopic (exact) mass is 183 g/mol. The zero-order valence-electron chi connectivity index (χ0n) is 8.00. The van der Waals surface area contributed by atoms with Crippen LogP contribution < -0.4 is 4.57 Å². The second-order valence-corrected chi connectivity index (χ2v) is 2.99. The van der Waals surface area contributed by atoms with Crippen LogP contribution in [0.1, 0.15) is 36.6 Å². The second-order valence-electron chi connectivity index (χ2n) is 2.99. The Kier molecular flexibility index (Phi) is 3.19. The SMILES string of the molecule is CCC[n+]1c(CO)c[nH]c1C(C)=O. The molecular formula is C9H15N2O2+. The van der Waals surface area contributed by atoms with E-state index in [0.29, 0.717) is 5.82 Å². The zero-order chi connectivity index (χ0) is 9.84. The van der Waals surface area contributed by atoms with Crippen LogP contribution in [0.2, 0.25) is 0 Å². The van der Waals surface area contributed by atoms with Gasteiger partial charge >= 0.3 is 5.82 Å². The van der Waals surface area contributed by atoms with Gasteiger partial charge in [0.2, 0.25) is 5.78 Å². The van der Waals surface area contributed by atoms with Crippen molar-refractivity contribution in [1.29, 1.82) is 0 Å². The summed E-state index contributed by atoms with van der Waals surface area (Å²) in [6.45, 7) is 4.27. The number of aromatic nitrogens is 2. The third-order valence-electron chi connectivity index (χ3n) is 1.93. The Hall–Kier alpha value is -1.16. The molecule has 0 aliphatic carbocycles. The van der Waals surface area contributed by atoms with Crippen molar-refractivity contribution in [3.8, 4) is 0 Å². The van der Waals surface area contributed by atoms with Crippen LogP contribution in [0.25, 0.3) is 0 Å². The minimum Gasteiger partial charge on any atom is -0.388 e. The summed E-state index contributed by atoms with van der Waals surface area (Å²) in [6.07, 6.45) is 2.61. The number of aliphatic hydroxyl groups is 1. The number of nitrogens with one attached hydrogen (secondary N) is 1. The number of aliphatic hydroxyl groups excluding tert-OH is 1. The van der Waals surface area contributed by atoms with Crippen LogP contribution >= 0.6 is 0 Å². The Morgan fingerprint density at radius 2 is 2.38 bits per heavy atom. The van der Waals surface area contributed by atoms with Crippen LogP contribution in [-0.4, -0.2) is 15.9 Å². The van der Waals surface area contributed by atoms with Crippen molar-refractivity contribution in [1.82, 2.24) is 4.98 Å². The van der Waals surface area contributed by atoms with Crippen LogP contribution in [0, 0.1) is 0 Å². The first-order valence-corrected chi connectivity index (χ1v) is 4.42. The molecule has 0 spiro atoms. The summed E-state index contributed by atoms with van der Waals surface area (Å²) < 4.78 is 1.82. The highest BCUT2D eigenvalue weighted by Gasteiger charge is 2.19. The normalized spacial score (nSPS) is 10.4. The lowest BCUT2D eigenvalue weighted by molar-refractivity contribution is -0.706. The number of rotatable bonds is 4. The number of hydrogen-bond acceptors (Lipinski definition) is 2. The average Bonchev–Trinajstić information content (AvgIpc) is 2.48. The topological polar surface area (TPSA) is 57.0 Å². The molecule has 0 unspecified atom stereocenters. The molecule has 1 heterocycles. The van der Waals surface area contributed by atoms with Gasteiger partial charge in [-0.3, -0.25) is 4.79 Å². The maximum atomic E-state index is 11.1. The first-order chi connectivity index (χ1) is 6.20. The summed E-state index contributed by atoms with van der Waals surface area (Å²) in [5.41, 5.74) is 0.757. The molecule has 0 fully saturated rings. The summed E-state index contributed by atoms with van der Waals surface area (Å²) in [7, 11) is 0. The molecule has 72 valence electrons. The van der Waals surface area contributed by atoms with Crippen molar-refractivity contribution in [2.75, 3.05) is 0 Å². The maximum Gasteiger partial charge on any atom is 0.323 e. The van der Waals surface area contributed by atoms with E-state index in [0.717, 1.165) is 18.7 Å². The van der Waals surface area contributed by atoms with Crippen LogP contribution in [0.4, 0.5) is 0 Å². The highest BCUT2D eigenvalue weighted by Crippen LogP contribution is 1.96. The first kappa shape index (κ1) is 9.92. The van der Waals surface area contributed by atoms with Crippen molar-refractivity contribution < 1.29 is 14.5 Å². The molecule has 4 heteroatoms. The summed E-state index contributed by atoms with van der Waals surface area (Å²) in [5, 5.41) is 8.99. The number of aromatic amines is 1. The fourth-order valence-electron chi connectivity index (χ4n) is 1.35. The smallest absolute Gasteiger partial charge is 0.323 e. The molecule has 4 nitrogen and oxygen atoms in total. The molecule has 2 N–H and O–H groups in total. The van der Waals surface area contributed by atoms with Crippen molar-refractivity contribution >= 4 is 5.78 Å². The summed E-state index contributed by atoms with van der Waals surface area (Å²) in [6, 6.07) is 0. The average molecular weight is 183 g/mol. The van der Waals surface area contributed by atoms with Crippen molar-refractivity contribution in [3.63, 3.8) is 0 Å². The molecule has 0 bridgehead atoms. The molecular weight excluding hydrogens is 168 g/mol. The van der Waals surface area contributed by atoms with Crippen molar-refractivity contribution in [3.05, 3.63) is 17.7 Å². The maximum absolute atomic E-state index is 11.1. The Labute approximate surface area is 77.2 Å². The lowest BCUT2D eigenvalue weighted by Crippen LogP contribution is -2.41. The minimum atomic E-state index is -0.0379.